The van der Waals surface area contributed by atoms with Gasteiger partial charge in [0, 0.05) is 24.3 Å². The molecule has 0 radical (unpaired) electrons. The molecule has 0 bridgehead atoms. The molecule has 0 amide bonds. The summed E-state index contributed by atoms with van der Waals surface area (Å²) in [6, 6.07) is 15.1. The average Bonchev–Trinajstić information content (AvgIpc) is 2.46. The highest BCUT2D eigenvalue weighted by atomic mass is 35.5. The average molecular weight is 274 g/mol. The number of rotatable bonds is 4. The van der Waals surface area contributed by atoms with Crippen LogP contribution in [0.4, 0.5) is 11.4 Å². The fourth-order valence-corrected chi connectivity index (χ4v) is 2.46. The maximum Gasteiger partial charge on any atom is 0.0494 e. The van der Waals surface area contributed by atoms with E-state index in [0.717, 1.165) is 6.42 Å². The van der Waals surface area contributed by atoms with Crippen molar-refractivity contribution < 1.29 is 0 Å². The van der Waals surface area contributed by atoms with Crippen LogP contribution >= 0.6 is 11.6 Å². The van der Waals surface area contributed by atoms with Crippen LogP contribution in [0.25, 0.3) is 0 Å². The number of hydrogen-bond acceptors (Lipinski definition) is 1. The molecule has 2 aromatic rings. The molecule has 0 saturated heterocycles. The van der Waals surface area contributed by atoms with E-state index in [1.54, 1.807) is 0 Å². The largest absolute Gasteiger partial charge is 0.344 e. The summed E-state index contributed by atoms with van der Waals surface area (Å²) in [6.07, 6.45) is 1.07. The van der Waals surface area contributed by atoms with E-state index in [9.17, 15) is 0 Å². The minimum atomic E-state index is 0.536. The van der Waals surface area contributed by atoms with Gasteiger partial charge in [-0.15, -0.1) is 11.6 Å². The number of alkyl halides is 1. The van der Waals surface area contributed by atoms with E-state index in [4.69, 9.17) is 11.6 Å². The van der Waals surface area contributed by atoms with Gasteiger partial charge in [-0.1, -0.05) is 36.8 Å². The number of halogens is 1. The van der Waals surface area contributed by atoms with Gasteiger partial charge in [-0.3, -0.25) is 0 Å². The van der Waals surface area contributed by atoms with Gasteiger partial charge in [0.05, 0.1) is 0 Å². The Morgan fingerprint density at radius 2 is 1.74 bits per heavy atom. The first-order chi connectivity index (χ1) is 9.15. The van der Waals surface area contributed by atoms with Gasteiger partial charge in [-0.05, 0) is 42.7 Å². The summed E-state index contributed by atoms with van der Waals surface area (Å²) in [5.74, 6) is 0.536. The Labute approximate surface area is 120 Å². The van der Waals surface area contributed by atoms with Crippen LogP contribution in [0.15, 0.2) is 42.5 Å². The van der Waals surface area contributed by atoms with Crippen LogP contribution in [0.5, 0.6) is 0 Å². The molecule has 2 aromatic carbocycles. The fraction of sp³-hybridized carbons (Fsp3) is 0.294. The highest BCUT2D eigenvalue weighted by Gasteiger charge is 2.09. The van der Waals surface area contributed by atoms with Crippen molar-refractivity contribution in [1.29, 1.82) is 0 Å². The highest BCUT2D eigenvalue weighted by molar-refractivity contribution is 6.17. The molecule has 0 N–H and O–H groups in total. The SMILES string of the molecule is CCc1ccc(N(C)c2ccc(C)cc2CCl)cc1. The predicted molar refractivity (Wildman–Crippen MR) is 84.6 cm³/mol. The molecule has 2 rings (SSSR count). The molecular formula is C17H20ClN. The zero-order valence-corrected chi connectivity index (χ0v) is 12.5. The van der Waals surface area contributed by atoms with E-state index >= 15 is 0 Å². The first kappa shape index (κ1) is 14.0. The molecule has 0 aliphatic carbocycles. The lowest BCUT2D eigenvalue weighted by Gasteiger charge is -2.22. The molecule has 0 heterocycles. The molecule has 0 unspecified atom stereocenters. The molecular weight excluding hydrogens is 254 g/mol. The number of anilines is 2. The van der Waals surface area contributed by atoms with E-state index in [0.29, 0.717) is 5.88 Å². The molecule has 2 heteroatoms. The van der Waals surface area contributed by atoms with Crippen molar-refractivity contribution in [1.82, 2.24) is 0 Å². The van der Waals surface area contributed by atoms with Gasteiger partial charge in [-0.25, -0.2) is 0 Å². The predicted octanol–water partition coefficient (Wildman–Crippen LogP) is 5.06. The van der Waals surface area contributed by atoms with Crippen LogP contribution in [-0.4, -0.2) is 7.05 Å². The smallest absolute Gasteiger partial charge is 0.0494 e. The zero-order valence-electron chi connectivity index (χ0n) is 11.8. The molecule has 0 spiro atoms. The Morgan fingerprint density at radius 1 is 1.05 bits per heavy atom. The summed E-state index contributed by atoms with van der Waals surface area (Å²) in [6.45, 7) is 4.26. The van der Waals surface area contributed by atoms with Gasteiger partial charge in [0.2, 0.25) is 0 Å². The van der Waals surface area contributed by atoms with Crippen LogP contribution in [0.2, 0.25) is 0 Å². The Bertz CT molecular complexity index is 546. The fourth-order valence-electron chi connectivity index (χ4n) is 2.24. The van der Waals surface area contributed by atoms with Gasteiger partial charge < -0.3 is 4.90 Å². The normalized spacial score (nSPS) is 10.5. The quantitative estimate of drug-likeness (QED) is 0.704. The minimum Gasteiger partial charge on any atom is -0.344 e. The number of nitrogens with zero attached hydrogens (tertiary/aromatic N) is 1. The lowest BCUT2D eigenvalue weighted by Crippen LogP contribution is -2.11. The first-order valence-electron chi connectivity index (χ1n) is 6.64. The highest BCUT2D eigenvalue weighted by Crippen LogP contribution is 2.29. The lowest BCUT2D eigenvalue weighted by molar-refractivity contribution is 1.12. The van der Waals surface area contributed by atoms with Crippen molar-refractivity contribution in [2.45, 2.75) is 26.1 Å². The van der Waals surface area contributed by atoms with Crippen molar-refractivity contribution in [3.8, 4) is 0 Å². The topological polar surface area (TPSA) is 3.24 Å². The second-order valence-electron chi connectivity index (χ2n) is 4.84. The Hall–Kier alpha value is -1.47. The molecule has 100 valence electrons. The van der Waals surface area contributed by atoms with Gasteiger partial charge >= 0.3 is 0 Å². The molecule has 19 heavy (non-hydrogen) atoms. The van der Waals surface area contributed by atoms with Gasteiger partial charge in [-0.2, -0.15) is 0 Å². The number of benzene rings is 2. The standard InChI is InChI=1S/C17H20ClN/c1-4-14-6-8-16(9-7-14)19(3)17-10-5-13(2)11-15(17)12-18/h5-11H,4,12H2,1-3H3. The van der Waals surface area contributed by atoms with Gasteiger partial charge in [0.15, 0.2) is 0 Å². The van der Waals surface area contributed by atoms with E-state index in [1.807, 2.05) is 0 Å². The third-order valence-electron chi connectivity index (χ3n) is 3.47. The molecule has 0 fully saturated rings. The third-order valence-corrected chi connectivity index (χ3v) is 3.76. The van der Waals surface area contributed by atoms with Crippen molar-refractivity contribution in [3.05, 3.63) is 59.2 Å². The second-order valence-corrected chi connectivity index (χ2v) is 5.11. The maximum atomic E-state index is 6.06. The Kier molecular flexibility index (Phi) is 4.49. The van der Waals surface area contributed by atoms with E-state index in [1.165, 1.54) is 28.1 Å². The number of hydrogen-bond donors (Lipinski definition) is 0. The number of aryl methyl sites for hydroxylation is 2. The Morgan fingerprint density at radius 3 is 2.32 bits per heavy atom. The summed E-state index contributed by atoms with van der Waals surface area (Å²) in [4.78, 5) is 2.19. The summed E-state index contributed by atoms with van der Waals surface area (Å²) in [5.41, 5.74) is 6.13. The van der Waals surface area contributed by atoms with Crippen LogP contribution in [0.1, 0.15) is 23.6 Å². The van der Waals surface area contributed by atoms with Crippen LogP contribution in [-0.2, 0) is 12.3 Å². The molecule has 0 aliphatic heterocycles. The summed E-state index contributed by atoms with van der Waals surface area (Å²) < 4.78 is 0. The summed E-state index contributed by atoms with van der Waals surface area (Å²) in [7, 11) is 2.08. The van der Waals surface area contributed by atoms with Crippen molar-refractivity contribution >= 4 is 23.0 Å². The monoisotopic (exact) mass is 273 g/mol. The minimum absolute atomic E-state index is 0.536. The molecule has 0 atom stereocenters. The van der Waals surface area contributed by atoms with Gasteiger partial charge in [0.1, 0.15) is 0 Å². The van der Waals surface area contributed by atoms with E-state index in [2.05, 4.69) is 68.3 Å². The maximum absolute atomic E-state index is 6.06. The van der Waals surface area contributed by atoms with Crippen molar-refractivity contribution in [3.63, 3.8) is 0 Å². The molecule has 0 aromatic heterocycles. The van der Waals surface area contributed by atoms with Crippen molar-refractivity contribution in [2.24, 2.45) is 0 Å². The van der Waals surface area contributed by atoms with Gasteiger partial charge in [0.25, 0.3) is 0 Å². The summed E-state index contributed by atoms with van der Waals surface area (Å²) in [5, 5.41) is 0. The first-order valence-corrected chi connectivity index (χ1v) is 7.17. The van der Waals surface area contributed by atoms with Crippen LogP contribution in [0, 0.1) is 6.92 Å². The lowest BCUT2D eigenvalue weighted by atomic mass is 10.1. The summed E-state index contributed by atoms with van der Waals surface area (Å²) >= 11 is 6.06. The third kappa shape index (κ3) is 3.10. The van der Waals surface area contributed by atoms with Crippen molar-refractivity contribution in [2.75, 3.05) is 11.9 Å². The molecule has 0 aliphatic rings. The van der Waals surface area contributed by atoms with E-state index in [-0.39, 0.29) is 0 Å². The Balaban J connectivity index is 2.34. The van der Waals surface area contributed by atoms with Crippen LogP contribution in [0.3, 0.4) is 0 Å². The second kappa shape index (κ2) is 6.12. The molecule has 0 saturated carbocycles. The molecule has 1 nitrogen and oxygen atoms in total. The van der Waals surface area contributed by atoms with E-state index < -0.39 is 0 Å². The zero-order chi connectivity index (χ0) is 13.8. The van der Waals surface area contributed by atoms with Crippen LogP contribution < -0.4 is 4.90 Å².